The summed E-state index contributed by atoms with van der Waals surface area (Å²) in [4.78, 5) is 50.3. The molecule has 0 radical (unpaired) electrons. The monoisotopic (exact) mass is 539 g/mol. The fraction of sp³-hybridized carbons (Fsp3) is 0.200. The number of pyridine rings is 1. The van der Waals surface area contributed by atoms with Crippen LogP contribution in [0.3, 0.4) is 0 Å². The molecule has 6 nitrogen and oxygen atoms in total. The Morgan fingerprint density at radius 3 is 2.34 bits per heavy atom. The molecule has 1 saturated heterocycles. The lowest BCUT2D eigenvalue weighted by Gasteiger charge is -2.39. The Bertz CT molecular complexity index is 1780. The lowest BCUT2D eigenvalue weighted by molar-refractivity contribution is -0.121. The number of allylic oxidation sites excluding steroid dienone is 1. The van der Waals surface area contributed by atoms with Crippen molar-refractivity contribution >= 4 is 34.4 Å². The summed E-state index contributed by atoms with van der Waals surface area (Å²) in [6, 6.07) is 24.8. The van der Waals surface area contributed by atoms with Crippen LogP contribution in [0.4, 0.5) is 11.4 Å². The predicted octanol–water partition coefficient (Wildman–Crippen LogP) is 5.94. The van der Waals surface area contributed by atoms with Crippen LogP contribution in [0.1, 0.15) is 50.0 Å². The van der Waals surface area contributed by atoms with Crippen LogP contribution < -0.4 is 10.2 Å². The van der Waals surface area contributed by atoms with E-state index in [4.69, 9.17) is 0 Å². The third-order valence-electron chi connectivity index (χ3n) is 8.94. The van der Waals surface area contributed by atoms with Crippen molar-refractivity contribution in [2.24, 2.45) is 5.92 Å². The number of hydrogen-bond acceptors (Lipinski definition) is 5. The Labute approximate surface area is 238 Å². The van der Waals surface area contributed by atoms with Crippen molar-refractivity contribution in [1.82, 2.24) is 4.98 Å². The molecule has 6 heteroatoms. The average molecular weight is 540 g/mol. The molecule has 4 aromatic rings. The standard InChI is InChI=1S/C35H29N3O3/c1-20-11-14-23(15-12-20)32(39)31-30(33(40)27-10-6-7-17-36-27)35(25-8-4-5-9-26(25)37-34(35)41)29-19-22(3)24-18-21(2)13-16-28(24)38(29)31/h4-19,29-31H,1-3H3,(H,37,41)/t29-,30+,31-,35-/m0/s1. The highest BCUT2D eigenvalue weighted by molar-refractivity contribution is 6.18. The first-order chi connectivity index (χ1) is 19.8. The van der Waals surface area contributed by atoms with Crippen LogP contribution in [0.15, 0.2) is 97.2 Å². The maximum Gasteiger partial charge on any atom is 0.238 e. The van der Waals surface area contributed by atoms with E-state index in [1.165, 1.54) is 0 Å². The number of aromatic nitrogens is 1. The minimum absolute atomic E-state index is 0.196. The molecule has 1 spiro atoms. The van der Waals surface area contributed by atoms with Gasteiger partial charge in [-0.05, 0) is 62.2 Å². The largest absolute Gasteiger partial charge is 0.352 e. The number of carbonyl (C=O) groups excluding carboxylic acids is 3. The maximum absolute atomic E-state index is 14.7. The third-order valence-corrected chi connectivity index (χ3v) is 8.94. The van der Waals surface area contributed by atoms with Gasteiger partial charge in [0.25, 0.3) is 0 Å². The van der Waals surface area contributed by atoms with Gasteiger partial charge in [-0.3, -0.25) is 19.4 Å². The van der Waals surface area contributed by atoms with Gasteiger partial charge in [0, 0.05) is 28.7 Å². The number of Topliss-reactive ketones (excluding diaryl/α,β-unsaturated/α-hetero) is 2. The lowest BCUT2D eigenvalue weighted by Crippen LogP contribution is -2.51. The number of anilines is 2. The topological polar surface area (TPSA) is 79.4 Å². The van der Waals surface area contributed by atoms with E-state index in [1.807, 2.05) is 86.3 Å². The van der Waals surface area contributed by atoms with Gasteiger partial charge >= 0.3 is 0 Å². The summed E-state index contributed by atoms with van der Waals surface area (Å²) in [6.07, 6.45) is 3.65. The molecule has 1 fully saturated rings. The van der Waals surface area contributed by atoms with Crippen molar-refractivity contribution in [3.05, 3.63) is 131 Å². The van der Waals surface area contributed by atoms with Crippen LogP contribution in [0.25, 0.3) is 5.57 Å². The zero-order valence-electron chi connectivity index (χ0n) is 23.1. The molecule has 202 valence electrons. The summed E-state index contributed by atoms with van der Waals surface area (Å²) in [7, 11) is 0. The molecule has 3 aliphatic rings. The van der Waals surface area contributed by atoms with Crippen LogP contribution in [-0.4, -0.2) is 34.5 Å². The molecule has 41 heavy (non-hydrogen) atoms. The second kappa shape index (κ2) is 9.10. The van der Waals surface area contributed by atoms with E-state index in [-0.39, 0.29) is 23.2 Å². The Morgan fingerprint density at radius 1 is 0.854 bits per heavy atom. The molecule has 4 heterocycles. The molecule has 1 N–H and O–H groups in total. The Kier molecular flexibility index (Phi) is 5.58. The van der Waals surface area contributed by atoms with E-state index in [9.17, 15) is 14.4 Å². The minimum Gasteiger partial charge on any atom is -0.352 e. The van der Waals surface area contributed by atoms with Gasteiger partial charge in [0.15, 0.2) is 11.6 Å². The highest BCUT2D eigenvalue weighted by Crippen LogP contribution is 2.58. The van der Waals surface area contributed by atoms with Crippen molar-refractivity contribution in [3.8, 4) is 0 Å². The van der Waals surface area contributed by atoms with E-state index >= 15 is 0 Å². The van der Waals surface area contributed by atoms with Gasteiger partial charge in [-0.1, -0.05) is 71.8 Å². The number of fused-ring (bicyclic) bond motifs is 6. The highest BCUT2D eigenvalue weighted by atomic mass is 16.2. The Hall–Kier alpha value is -4.84. The van der Waals surface area contributed by atoms with Crippen molar-refractivity contribution in [3.63, 3.8) is 0 Å². The normalized spacial score (nSPS) is 23.9. The van der Waals surface area contributed by atoms with Gasteiger partial charge < -0.3 is 10.2 Å². The molecule has 3 aliphatic heterocycles. The quantitative estimate of drug-likeness (QED) is 0.325. The summed E-state index contributed by atoms with van der Waals surface area (Å²) in [5.41, 5.74) is 5.76. The first-order valence-corrected chi connectivity index (χ1v) is 13.9. The van der Waals surface area contributed by atoms with E-state index in [1.54, 1.807) is 24.4 Å². The van der Waals surface area contributed by atoms with E-state index in [0.717, 1.165) is 33.5 Å². The summed E-state index contributed by atoms with van der Waals surface area (Å²) in [6.45, 7) is 6.04. The number of ketones is 2. The number of nitrogens with one attached hydrogen (secondary N) is 1. The van der Waals surface area contributed by atoms with E-state index in [2.05, 4.69) is 22.4 Å². The highest BCUT2D eigenvalue weighted by Gasteiger charge is 2.70. The van der Waals surface area contributed by atoms with Crippen LogP contribution >= 0.6 is 0 Å². The SMILES string of the molecule is CC1=C[C@@H]2N(c3ccc(C)cc31)[C@H](C(=O)c1ccc(C)cc1)[C@H](C(=O)c1ccccn1)[C@@]21C(=O)Nc2ccccc21. The predicted molar refractivity (Wildman–Crippen MR) is 159 cm³/mol. The van der Waals surface area contributed by atoms with Crippen molar-refractivity contribution in [2.45, 2.75) is 38.3 Å². The van der Waals surface area contributed by atoms with Crippen LogP contribution in [0, 0.1) is 19.8 Å². The van der Waals surface area contributed by atoms with Crippen LogP contribution in [0.2, 0.25) is 0 Å². The third kappa shape index (κ3) is 3.50. The minimum atomic E-state index is -1.35. The average Bonchev–Trinajstić information content (AvgIpc) is 3.45. The van der Waals surface area contributed by atoms with E-state index in [0.29, 0.717) is 11.3 Å². The molecular weight excluding hydrogens is 510 g/mol. The molecule has 4 atom stereocenters. The van der Waals surface area contributed by atoms with Crippen LogP contribution in [0.5, 0.6) is 0 Å². The summed E-state index contributed by atoms with van der Waals surface area (Å²) in [5, 5.41) is 3.08. The first kappa shape index (κ1) is 25.1. The Balaban J connectivity index is 1.56. The molecule has 0 bridgehead atoms. The molecule has 1 aromatic heterocycles. The van der Waals surface area contributed by atoms with Crippen molar-refractivity contribution in [1.29, 1.82) is 0 Å². The van der Waals surface area contributed by atoms with Crippen molar-refractivity contribution in [2.75, 3.05) is 10.2 Å². The fourth-order valence-corrected chi connectivity index (χ4v) is 7.10. The summed E-state index contributed by atoms with van der Waals surface area (Å²) >= 11 is 0. The van der Waals surface area contributed by atoms with Gasteiger partial charge in [-0.15, -0.1) is 0 Å². The summed E-state index contributed by atoms with van der Waals surface area (Å²) < 4.78 is 0. The second-order valence-corrected chi connectivity index (χ2v) is 11.3. The lowest BCUT2D eigenvalue weighted by atomic mass is 9.64. The number of carbonyl (C=O) groups is 3. The number of amides is 1. The molecule has 0 unspecified atom stereocenters. The number of para-hydroxylation sites is 1. The molecule has 1 amide bonds. The number of rotatable bonds is 4. The fourth-order valence-electron chi connectivity index (χ4n) is 7.10. The molecule has 0 saturated carbocycles. The van der Waals surface area contributed by atoms with Gasteiger partial charge in [0.1, 0.15) is 17.2 Å². The molecular formula is C35H29N3O3. The first-order valence-electron chi connectivity index (χ1n) is 13.9. The smallest absolute Gasteiger partial charge is 0.238 e. The number of benzene rings is 3. The Morgan fingerprint density at radius 2 is 1.59 bits per heavy atom. The van der Waals surface area contributed by atoms with Gasteiger partial charge in [0.05, 0.1) is 12.0 Å². The zero-order valence-corrected chi connectivity index (χ0v) is 23.1. The maximum atomic E-state index is 14.7. The molecule has 3 aromatic carbocycles. The number of aryl methyl sites for hydroxylation is 2. The second-order valence-electron chi connectivity index (χ2n) is 11.3. The van der Waals surface area contributed by atoms with Crippen LogP contribution in [-0.2, 0) is 10.2 Å². The van der Waals surface area contributed by atoms with E-state index < -0.39 is 23.4 Å². The summed E-state index contributed by atoms with van der Waals surface area (Å²) in [5.74, 6) is -1.83. The van der Waals surface area contributed by atoms with Gasteiger partial charge in [0.2, 0.25) is 5.91 Å². The van der Waals surface area contributed by atoms with Crippen molar-refractivity contribution < 1.29 is 14.4 Å². The zero-order chi connectivity index (χ0) is 28.5. The molecule has 0 aliphatic carbocycles. The number of nitrogens with zero attached hydrogens (tertiary/aromatic N) is 2. The molecule has 7 rings (SSSR count). The number of hydrogen-bond donors (Lipinski definition) is 1. The van der Waals surface area contributed by atoms with Gasteiger partial charge in [-0.2, -0.15) is 0 Å². The van der Waals surface area contributed by atoms with Gasteiger partial charge in [-0.25, -0.2) is 0 Å².